The van der Waals surface area contributed by atoms with E-state index in [4.69, 9.17) is 4.74 Å². The zero-order valence-electron chi connectivity index (χ0n) is 20.8. The Bertz CT molecular complexity index is 1340. The molecule has 0 N–H and O–H groups in total. The van der Waals surface area contributed by atoms with Crippen LogP contribution in [0.2, 0.25) is 0 Å². The van der Waals surface area contributed by atoms with Crippen molar-refractivity contribution in [2.75, 3.05) is 12.4 Å². The molecule has 0 aliphatic carbocycles. The monoisotopic (exact) mass is 502 g/mol. The average Bonchev–Trinajstić information content (AvgIpc) is 2.98. The highest BCUT2D eigenvalue weighted by Gasteiger charge is 2.36. The molecule has 184 valence electrons. The molecule has 5 rings (SSSR count). The molecule has 0 saturated carbocycles. The summed E-state index contributed by atoms with van der Waals surface area (Å²) in [5.74, 6) is 1.63. The lowest BCUT2D eigenvalue weighted by Gasteiger charge is -2.35. The lowest BCUT2D eigenvalue weighted by molar-refractivity contribution is 0.112. The topological polar surface area (TPSA) is 26.3 Å². The molecular weight excluding hydrogens is 472 g/mol. The van der Waals surface area contributed by atoms with Crippen molar-refractivity contribution in [3.05, 3.63) is 150 Å². The highest BCUT2D eigenvalue weighted by Crippen LogP contribution is 2.48. The second-order valence-electron chi connectivity index (χ2n) is 9.00. The maximum atomic E-state index is 11.8. The highest BCUT2D eigenvalue weighted by atomic mass is 32.2. The molecule has 2 nitrogen and oxygen atoms in total. The fourth-order valence-corrected chi connectivity index (χ4v) is 6.47. The predicted octanol–water partition coefficient (Wildman–Crippen LogP) is 8.54. The van der Waals surface area contributed by atoms with E-state index in [1.807, 2.05) is 48.2 Å². The molecule has 37 heavy (non-hydrogen) atoms. The molecule has 0 amide bonds. The lowest BCUT2D eigenvalue weighted by Crippen LogP contribution is -2.26. The summed E-state index contributed by atoms with van der Waals surface area (Å²) >= 11 is 1.97. The first kappa shape index (κ1) is 24.9. The van der Waals surface area contributed by atoms with Crippen LogP contribution in [0.5, 0.6) is 5.75 Å². The summed E-state index contributed by atoms with van der Waals surface area (Å²) in [5, 5.41) is 1.98. The number of fused-ring (bicyclic) bond motifs is 1. The molecule has 0 aliphatic rings. The van der Waals surface area contributed by atoms with Crippen LogP contribution in [0.15, 0.2) is 127 Å². The van der Waals surface area contributed by atoms with E-state index < -0.39 is 0 Å². The molecule has 0 unspecified atom stereocenters. The van der Waals surface area contributed by atoms with Crippen LogP contribution in [0.25, 0.3) is 10.8 Å². The molecule has 0 aliphatic heterocycles. The Balaban J connectivity index is 1.31. The van der Waals surface area contributed by atoms with E-state index >= 15 is 0 Å². The maximum absolute atomic E-state index is 11.8. The number of carbonyl (C=O) groups is 1. The van der Waals surface area contributed by atoms with Crippen LogP contribution < -0.4 is 4.74 Å². The maximum Gasteiger partial charge on any atom is 0.154 e. The Hall–Kier alpha value is -3.82. The number of ether oxygens (including phenoxy) is 1. The summed E-state index contributed by atoms with van der Waals surface area (Å²) in [4.78, 5) is 11.8. The Labute approximate surface area is 223 Å². The summed E-state index contributed by atoms with van der Waals surface area (Å²) in [6.07, 6.45) is 2.82. The van der Waals surface area contributed by atoms with Crippen molar-refractivity contribution < 1.29 is 9.53 Å². The van der Waals surface area contributed by atoms with E-state index in [-0.39, 0.29) is 4.75 Å². The second kappa shape index (κ2) is 11.9. The SMILES string of the molecule is O=Cc1c(OCCCCSC(c2ccccc2)(c2ccccc2)c2ccccc2)ccc2ccccc12. The Morgan fingerprint density at radius 1 is 0.622 bits per heavy atom. The van der Waals surface area contributed by atoms with Crippen molar-refractivity contribution in [1.82, 2.24) is 0 Å². The van der Waals surface area contributed by atoms with Gasteiger partial charge in [-0.05, 0) is 52.1 Å². The summed E-state index contributed by atoms with van der Waals surface area (Å²) in [5.41, 5.74) is 4.46. The van der Waals surface area contributed by atoms with E-state index in [1.54, 1.807) is 0 Å². The van der Waals surface area contributed by atoms with Crippen molar-refractivity contribution in [3.63, 3.8) is 0 Å². The summed E-state index contributed by atoms with van der Waals surface area (Å²) in [6, 6.07) is 44.2. The molecule has 0 heterocycles. The van der Waals surface area contributed by atoms with Crippen molar-refractivity contribution in [3.8, 4) is 5.75 Å². The highest BCUT2D eigenvalue weighted by molar-refractivity contribution is 8.00. The first-order chi connectivity index (χ1) is 18.3. The minimum atomic E-state index is -0.298. The van der Waals surface area contributed by atoms with Gasteiger partial charge in [-0.25, -0.2) is 0 Å². The van der Waals surface area contributed by atoms with Gasteiger partial charge in [0.25, 0.3) is 0 Å². The number of benzene rings is 5. The predicted molar refractivity (Wildman–Crippen MR) is 156 cm³/mol. The second-order valence-corrected chi connectivity index (χ2v) is 10.3. The van der Waals surface area contributed by atoms with Gasteiger partial charge < -0.3 is 4.74 Å². The molecule has 0 spiro atoms. The zero-order chi connectivity index (χ0) is 25.3. The number of hydrogen-bond donors (Lipinski definition) is 0. The largest absolute Gasteiger partial charge is 0.493 e. The van der Waals surface area contributed by atoms with Crippen LogP contribution in [-0.4, -0.2) is 18.6 Å². The minimum absolute atomic E-state index is 0.298. The summed E-state index contributed by atoms with van der Waals surface area (Å²) < 4.78 is 5.78. The van der Waals surface area contributed by atoms with E-state index in [0.29, 0.717) is 17.9 Å². The van der Waals surface area contributed by atoms with Gasteiger partial charge in [0.15, 0.2) is 6.29 Å². The van der Waals surface area contributed by atoms with Gasteiger partial charge in [0.05, 0.1) is 16.9 Å². The van der Waals surface area contributed by atoms with Gasteiger partial charge in [-0.3, -0.25) is 4.79 Å². The third-order valence-electron chi connectivity index (χ3n) is 6.70. The normalized spacial score (nSPS) is 11.4. The molecule has 3 heteroatoms. The quantitative estimate of drug-likeness (QED) is 0.103. The Morgan fingerprint density at radius 2 is 1.16 bits per heavy atom. The molecule has 0 radical (unpaired) electrons. The third-order valence-corrected chi connectivity index (χ3v) is 8.34. The van der Waals surface area contributed by atoms with Gasteiger partial charge in [0, 0.05) is 0 Å². The molecular formula is C34H30O2S. The van der Waals surface area contributed by atoms with E-state index in [2.05, 4.69) is 91.0 Å². The molecule has 0 fully saturated rings. The van der Waals surface area contributed by atoms with Crippen molar-refractivity contribution in [2.45, 2.75) is 17.6 Å². The van der Waals surface area contributed by atoms with Crippen LogP contribution >= 0.6 is 11.8 Å². The van der Waals surface area contributed by atoms with Gasteiger partial charge in [0.2, 0.25) is 0 Å². The Morgan fingerprint density at radius 3 is 1.73 bits per heavy atom. The Kier molecular flexibility index (Phi) is 8.02. The number of thioether (sulfide) groups is 1. The van der Waals surface area contributed by atoms with Crippen molar-refractivity contribution >= 4 is 28.8 Å². The molecule has 0 aromatic heterocycles. The van der Waals surface area contributed by atoms with Gasteiger partial charge in [0.1, 0.15) is 5.75 Å². The number of unbranched alkanes of at least 4 members (excludes halogenated alkanes) is 1. The van der Waals surface area contributed by atoms with Crippen molar-refractivity contribution in [2.24, 2.45) is 0 Å². The molecule has 0 bridgehead atoms. The lowest BCUT2D eigenvalue weighted by atomic mass is 9.84. The van der Waals surface area contributed by atoms with Gasteiger partial charge >= 0.3 is 0 Å². The molecule has 0 atom stereocenters. The van der Waals surface area contributed by atoms with E-state index in [0.717, 1.165) is 35.7 Å². The number of rotatable bonds is 11. The smallest absolute Gasteiger partial charge is 0.154 e. The van der Waals surface area contributed by atoms with Crippen LogP contribution in [0.3, 0.4) is 0 Å². The van der Waals surface area contributed by atoms with E-state index in [9.17, 15) is 4.79 Å². The fraction of sp³-hybridized carbons (Fsp3) is 0.147. The molecule has 5 aromatic rings. The number of hydrogen-bond acceptors (Lipinski definition) is 3. The zero-order valence-corrected chi connectivity index (χ0v) is 21.6. The summed E-state index contributed by atoms with van der Waals surface area (Å²) in [7, 11) is 0. The summed E-state index contributed by atoms with van der Waals surface area (Å²) in [6.45, 7) is 0.578. The minimum Gasteiger partial charge on any atom is -0.493 e. The average molecular weight is 503 g/mol. The number of carbonyl (C=O) groups excluding carboxylic acids is 1. The van der Waals surface area contributed by atoms with Crippen LogP contribution in [0.4, 0.5) is 0 Å². The van der Waals surface area contributed by atoms with E-state index in [1.165, 1.54) is 16.7 Å². The van der Waals surface area contributed by atoms with Crippen molar-refractivity contribution in [1.29, 1.82) is 0 Å². The molecule has 0 saturated heterocycles. The van der Waals surface area contributed by atoms with Crippen LogP contribution in [0.1, 0.15) is 39.9 Å². The van der Waals surface area contributed by atoms with Crippen LogP contribution in [-0.2, 0) is 4.75 Å². The van der Waals surface area contributed by atoms with Gasteiger partial charge in [-0.15, -0.1) is 11.8 Å². The fourth-order valence-electron chi connectivity index (χ4n) is 4.90. The number of aldehydes is 1. The van der Waals surface area contributed by atoms with Crippen LogP contribution in [0, 0.1) is 0 Å². The van der Waals surface area contributed by atoms with Gasteiger partial charge in [-0.1, -0.05) is 121 Å². The third kappa shape index (κ3) is 5.33. The first-order valence-electron chi connectivity index (χ1n) is 12.7. The van der Waals surface area contributed by atoms with Gasteiger partial charge in [-0.2, -0.15) is 0 Å². The first-order valence-corrected chi connectivity index (χ1v) is 13.7. The standard InChI is InChI=1S/C34H30O2S/c35-26-32-31-21-11-10-14-27(31)22-23-33(32)36-24-12-13-25-37-34(28-15-4-1-5-16-28,29-17-6-2-7-18-29)30-19-8-3-9-20-30/h1-11,14-23,26H,12-13,24-25H2. The molecule has 5 aromatic carbocycles.